The molecule has 1 atom stereocenters. The number of nitrogens with zero attached hydrogens (tertiary/aromatic N) is 8. The molecule has 0 unspecified atom stereocenters. The second kappa shape index (κ2) is 11.7. The molecule has 0 saturated carbocycles. The molecule has 4 heterocycles. The lowest BCUT2D eigenvalue weighted by Gasteiger charge is -2.43. The van der Waals surface area contributed by atoms with Crippen molar-refractivity contribution in [3.05, 3.63) is 71.8 Å². The molecule has 0 N–H and O–H groups in total. The van der Waals surface area contributed by atoms with Gasteiger partial charge in [0, 0.05) is 75.5 Å². The van der Waals surface area contributed by atoms with Crippen LogP contribution in [0.15, 0.2) is 55.1 Å². The van der Waals surface area contributed by atoms with E-state index >= 15 is 0 Å². The number of amides is 1. The van der Waals surface area contributed by atoms with Crippen LogP contribution in [0.5, 0.6) is 0 Å². The van der Waals surface area contributed by atoms with Crippen molar-refractivity contribution in [2.45, 2.75) is 25.4 Å². The number of aromatic nitrogens is 1. The van der Waals surface area contributed by atoms with Crippen LogP contribution in [0.25, 0.3) is 10.8 Å². The zero-order valence-electron chi connectivity index (χ0n) is 24.2. The summed E-state index contributed by atoms with van der Waals surface area (Å²) in [5.41, 5.74) is 3.99. The van der Waals surface area contributed by atoms with E-state index in [2.05, 4.69) is 87.8 Å². The van der Waals surface area contributed by atoms with E-state index < -0.39 is 0 Å². The van der Waals surface area contributed by atoms with Crippen molar-refractivity contribution < 1.29 is 4.79 Å². The largest absolute Gasteiger partial charge is 0.366 e. The second-order valence-electron chi connectivity index (χ2n) is 11.4. The van der Waals surface area contributed by atoms with Crippen molar-refractivity contribution in [1.82, 2.24) is 14.8 Å². The van der Waals surface area contributed by atoms with Crippen molar-refractivity contribution in [2.24, 2.45) is 0 Å². The van der Waals surface area contributed by atoms with E-state index in [1.54, 1.807) is 4.90 Å². The first-order valence-electron chi connectivity index (χ1n) is 14.7. The number of anilines is 3. The maximum absolute atomic E-state index is 12.6. The Kier molecular flexibility index (Phi) is 7.69. The number of nitriles is 2. The SMILES string of the molecule is C=CC(=O)N1CCN(c2nc(N3CCN(C)CC3)c(C#N)c3c2CCN(c2cccc4ccccc24)C3)C[C@H]1CC#N. The zero-order valence-corrected chi connectivity index (χ0v) is 24.2. The summed E-state index contributed by atoms with van der Waals surface area (Å²) in [6, 6.07) is 19.4. The minimum Gasteiger partial charge on any atom is -0.366 e. The summed E-state index contributed by atoms with van der Waals surface area (Å²) in [6.45, 7) is 10.2. The van der Waals surface area contributed by atoms with Crippen molar-refractivity contribution in [1.29, 1.82) is 10.5 Å². The Balaban J connectivity index is 1.43. The summed E-state index contributed by atoms with van der Waals surface area (Å²) in [4.78, 5) is 28.8. The number of piperazine rings is 2. The van der Waals surface area contributed by atoms with Crippen LogP contribution < -0.4 is 14.7 Å². The lowest BCUT2D eigenvalue weighted by molar-refractivity contribution is -0.128. The van der Waals surface area contributed by atoms with E-state index in [4.69, 9.17) is 4.98 Å². The fourth-order valence-corrected chi connectivity index (χ4v) is 6.65. The summed E-state index contributed by atoms with van der Waals surface area (Å²) in [6.07, 6.45) is 2.33. The van der Waals surface area contributed by atoms with Crippen LogP contribution in [0.2, 0.25) is 0 Å². The molecule has 3 aliphatic heterocycles. The predicted molar refractivity (Wildman–Crippen MR) is 166 cm³/mol. The molecule has 2 fully saturated rings. The predicted octanol–water partition coefficient (Wildman–Crippen LogP) is 3.54. The number of benzene rings is 2. The van der Waals surface area contributed by atoms with E-state index in [0.717, 1.165) is 61.9 Å². The number of hydrogen-bond donors (Lipinski definition) is 0. The van der Waals surface area contributed by atoms with Gasteiger partial charge in [-0.1, -0.05) is 43.0 Å². The first-order chi connectivity index (χ1) is 20.5. The molecule has 1 aromatic heterocycles. The van der Waals surface area contributed by atoms with Gasteiger partial charge in [-0.25, -0.2) is 4.98 Å². The highest BCUT2D eigenvalue weighted by Crippen LogP contribution is 2.39. The molecule has 0 spiro atoms. The third kappa shape index (κ3) is 5.01. The number of hydrogen-bond acceptors (Lipinski definition) is 8. The van der Waals surface area contributed by atoms with Gasteiger partial charge in [0.05, 0.1) is 24.1 Å². The Labute approximate surface area is 247 Å². The van der Waals surface area contributed by atoms with E-state index in [1.165, 1.54) is 22.5 Å². The van der Waals surface area contributed by atoms with Crippen LogP contribution in [-0.4, -0.2) is 86.1 Å². The van der Waals surface area contributed by atoms with Gasteiger partial charge in [-0.3, -0.25) is 4.79 Å². The van der Waals surface area contributed by atoms with Gasteiger partial charge in [-0.2, -0.15) is 10.5 Å². The quantitative estimate of drug-likeness (QED) is 0.438. The number of pyridine rings is 1. The maximum Gasteiger partial charge on any atom is 0.246 e. The Hall–Kier alpha value is -4.60. The highest BCUT2D eigenvalue weighted by atomic mass is 16.2. The fourth-order valence-electron chi connectivity index (χ4n) is 6.65. The minimum absolute atomic E-state index is 0.145. The Bertz CT molecular complexity index is 1590. The lowest BCUT2D eigenvalue weighted by Crippen LogP contribution is -2.55. The Morgan fingerprint density at radius 2 is 1.71 bits per heavy atom. The third-order valence-electron chi connectivity index (χ3n) is 8.94. The molecule has 214 valence electrons. The molecule has 0 aliphatic carbocycles. The van der Waals surface area contributed by atoms with Crippen LogP contribution in [-0.2, 0) is 17.8 Å². The van der Waals surface area contributed by atoms with E-state index in [9.17, 15) is 15.3 Å². The van der Waals surface area contributed by atoms with Crippen LogP contribution in [0, 0.1) is 22.7 Å². The van der Waals surface area contributed by atoms with Gasteiger partial charge in [0.15, 0.2) is 0 Å². The molecule has 2 aromatic carbocycles. The minimum atomic E-state index is -0.245. The molecule has 0 radical (unpaired) electrons. The van der Waals surface area contributed by atoms with Crippen molar-refractivity contribution in [3.63, 3.8) is 0 Å². The molecule has 9 heteroatoms. The van der Waals surface area contributed by atoms with Gasteiger partial charge < -0.3 is 24.5 Å². The summed E-state index contributed by atoms with van der Waals surface area (Å²) in [5.74, 6) is 1.50. The standard InChI is InChI=1S/C33H36N8O/c1-3-31(42)41-20-19-40(22-25(41)11-13-34)32-27-12-14-39(30-10-6-8-24-7-4-5-9-26(24)30)23-29(27)28(21-35)33(36-32)38-17-15-37(2)16-18-38/h3-10,25H,1,11-12,14-20,22-23H2,2H3/t25-/m1/s1. The molecule has 1 amide bonds. The van der Waals surface area contributed by atoms with Gasteiger partial charge in [-0.05, 0) is 36.6 Å². The molecule has 6 rings (SSSR count). The Morgan fingerprint density at radius 1 is 0.952 bits per heavy atom. The van der Waals surface area contributed by atoms with E-state index in [0.29, 0.717) is 31.7 Å². The number of fused-ring (bicyclic) bond motifs is 2. The molecule has 3 aliphatic rings. The summed E-state index contributed by atoms with van der Waals surface area (Å²) in [7, 11) is 2.12. The maximum atomic E-state index is 12.6. The third-order valence-corrected chi connectivity index (χ3v) is 8.94. The normalized spacial score (nSPS) is 19.3. The van der Waals surface area contributed by atoms with Crippen LogP contribution in [0.1, 0.15) is 23.1 Å². The average molecular weight is 561 g/mol. The van der Waals surface area contributed by atoms with Crippen molar-refractivity contribution in [3.8, 4) is 12.1 Å². The number of carbonyl (C=O) groups excluding carboxylic acids is 1. The van der Waals surface area contributed by atoms with Gasteiger partial charge in [-0.15, -0.1) is 0 Å². The van der Waals surface area contributed by atoms with Gasteiger partial charge in [0.25, 0.3) is 0 Å². The second-order valence-corrected chi connectivity index (χ2v) is 11.4. The fraction of sp³-hybridized carbons (Fsp3) is 0.394. The average Bonchev–Trinajstić information content (AvgIpc) is 3.03. The highest BCUT2D eigenvalue weighted by Gasteiger charge is 2.35. The molecule has 42 heavy (non-hydrogen) atoms. The molecular weight excluding hydrogens is 524 g/mol. The van der Waals surface area contributed by atoms with Crippen LogP contribution in [0.4, 0.5) is 17.3 Å². The van der Waals surface area contributed by atoms with Crippen LogP contribution >= 0.6 is 0 Å². The molecule has 0 bridgehead atoms. The highest BCUT2D eigenvalue weighted by molar-refractivity contribution is 5.94. The van der Waals surface area contributed by atoms with E-state index in [-0.39, 0.29) is 18.4 Å². The van der Waals surface area contributed by atoms with Crippen LogP contribution in [0.3, 0.4) is 0 Å². The molecule has 2 saturated heterocycles. The van der Waals surface area contributed by atoms with Crippen molar-refractivity contribution in [2.75, 3.05) is 74.1 Å². The molecular formula is C33H36N8O. The van der Waals surface area contributed by atoms with Crippen molar-refractivity contribution >= 4 is 34.0 Å². The number of rotatable bonds is 5. The number of likely N-dealkylation sites (N-methyl/N-ethyl adjacent to an activating group) is 1. The van der Waals surface area contributed by atoms with E-state index in [1.807, 2.05) is 0 Å². The molecule has 9 nitrogen and oxygen atoms in total. The topological polar surface area (TPSA) is 93.7 Å². The first kappa shape index (κ1) is 27.6. The summed E-state index contributed by atoms with van der Waals surface area (Å²) >= 11 is 0. The van der Waals surface area contributed by atoms with Gasteiger partial charge in [0.2, 0.25) is 5.91 Å². The first-order valence-corrected chi connectivity index (χ1v) is 14.7. The summed E-state index contributed by atoms with van der Waals surface area (Å²) in [5, 5.41) is 22.5. The lowest BCUT2D eigenvalue weighted by atomic mass is 9.93. The molecule has 3 aromatic rings. The Morgan fingerprint density at radius 3 is 2.48 bits per heavy atom. The number of carbonyl (C=O) groups is 1. The summed E-state index contributed by atoms with van der Waals surface area (Å²) < 4.78 is 0. The zero-order chi connectivity index (χ0) is 29.2. The smallest absolute Gasteiger partial charge is 0.246 e. The van der Waals surface area contributed by atoms with Gasteiger partial charge >= 0.3 is 0 Å². The monoisotopic (exact) mass is 560 g/mol. The van der Waals surface area contributed by atoms with Gasteiger partial charge in [0.1, 0.15) is 17.7 Å².